The van der Waals surface area contributed by atoms with Gasteiger partial charge in [0.2, 0.25) is 10.0 Å². The fraction of sp³-hybridized carbons (Fsp3) is 0.320. The van der Waals surface area contributed by atoms with Crippen LogP contribution in [-0.2, 0) is 35.2 Å². The Labute approximate surface area is 226 Å². The fourth-order valence-corrected chi connectivity index (χ4v) is 6.35. The average Bonchev–Trinajstić information content (AvgIpc) is 2.83. The molecule has 1 atom stereocenters. The number of carbonyl (C=O) groups is 2. The van der Waals surface area contributed by atoms with Crippen molar-refractivity contribution in [2.45, 2.75) is 37.1 Å². The molecule has 39 heavy (non-hydrogen) atoms. The van der Waals surface area contributed by atoms with E-state index >= 15 is 0 Å². The van der Waals surface area contributed by atoms with Crippen LogP contribution in [0.15, 0.2) is 57.3 Å². The van der Waals surface area contributed by atoms with Crippen LogP contribution in [0.1, 0.15) is 37.8 Å². The predicted molar refractivity (Wildman–Crippen MR) is 146 cm³/mol. The van der Waals surface area contributed by atoms with Crippen LogP contribution < -0.4 is 15.4 Å². The molecule has 1 heterocycles. The first-order valence-corrected chi connectivity index (χ1v) is 15.3. The Kier molecular flexibility index (Phi) is 7.31. The Morgan fingerprint density at radius 2 is 1.87 bits per heavy atom. The first kappa shape index (κ1) is 28.3. The Morgan fingerprint density at radius 3 is 2.51 bits per heavy atom. The van der Waals surface area contributed by atoms with Crippen molar-refractivity contribution in [1.82, 2.24) is 5.32 Å². The van der Waals surface area contributed by atoms with E-state index in [9.17, 15) is 36.6 Å². The number of aliphatic hydroxyl groups excluding tert-OH is 1. The van der Waals surface area contributed by atoms with Gasteiger partial charge < -0.3 is 15.5 Å². The van der Waals surface area contributed by atoms with Crippen molar-refractivity contribution in [3.63, 3.8) is 0 Å². The van der Waals surface area contributed by atoms with Gasteiger partial charge in [-0.05, 0) is 42.5 Å². The maximum Gasteiger partial charge on any atom is 0.317 e. The molecule has 208 valence electrons. The summed E-state index contributed by atoms with van der Waals surface area (Å²) in [7, 11) is -8.14. The van der Waals surface area contributed by atoms with Crippen molar-refractivity contribution in [3.05, 3.63) is 59.2 Å². The van der Waals surface area contributed by atoms with Gasteiger partial charge in [-0.25, -0.2) is 8.42 Å². The lowest BCUT2D eigenvalue weighted by Gasteiger charge is -2.39. The number of carboxylic acids is 1. The summed E-state index contributed by atoms with van der Waals surface area (Å²) < 4.78 is 55.5. The molecule has 0 saturated heterocycles. The molecule has 0 radical (unpaired) electrons. The third-order valence-corrected chi connectivity index (χ3v) is 8.32. The van der Waals surface area contributed by atoms with Crippen LogP contribution >= 0.6 is 0 Å². The number of benzene rings is 2. The molecule has 1 aliphatic carbocycles. The summed E-state index contributed by atoms with van der Waals surface area (Å²) in [5.74, 6) is -2.74. The molecule has 0 aromatic heterocycles. The molecule has 0 saturated carbocycles. The van der Waals surface area contributed by atoms with Gasteiger partial charge in [0.05, 0.1) is 18.5 Å². The lowest BCUT2D eigenvalue weighted by atomic mass is 9.71. The molecular weight excluding hydrogens is 548 g/mol. The summed E-state index contributed by atoms with van der Waals surface area (Å²) >= 11 is 0. The van der Waals surface area contributed by atoms with E-state index in [1.165, 1.54) is 12.1 Å². The summed E-state index contributed by atoms with van der Waals surface area (Å²) in [4.78, 5) is 25.4. The molecule has 4 rings (SSSR count). The van der Waals surface area contributed by atoms with Crippen molar-refractivity contribution in [2.24, 2.45) is 10.3 Å². The molecule has 12 nitrogen and oxygen atoms in total. The largest absolute Gasteiger partial charge is 0.506 e. The minimum atomic E-state index is -4.45. The second kappa shape index (κ2) is 10.1. The monoisotopic (exact) mass is 576 g/mol. The number of anilines is 2. The van der Waals surface area contributed by atoms with Gasteiger partial charge in [0.1, 0.15) is 21.8 Å². The van der Waals surface area contributed by atoms with E-state index in [4.69, 9.17) is 0 Å². The van der Waals surface area contributed by atoms with E-state index in [0.717, 1.165) is 12.3 Å². The first-order chi connectivity index (χ1) is 18.1. The molecule has 2 aliphatic rings. The summed E-state index contributed by atoms with van der Waals surface area (Å²) in [6.07, 6.45) is 1.60. The highest BCUT2D eigenvalue weighted by Crippen LogP contribution is 2.43. The number of aliphatic carboxylic acids is 1. The molecule has 2 aromatic rings. The topological polar surface area (TPSA) is 191 Å². The number of nitrogens with one attached hydrogen (secondary N) is 3. The smallest absolute Gasteiger partial charge is 0.317 e. The lowest BCUT2D eigenvalue weighted by Crippen LogP contribution is -2.55. The second-order valence-corrected chi connectivity index (χ2v) is 13.1. The van der Waals surface area contributed by atoms with Gasteiger partial charge in [0, 0.05) is 11.3 Å². The number of Topliss-reactive ketones (excluding diaryl/α,β-unsaturated/α-hetero) is 1. The minimum absolute atomic E-state index is 0.00409. The Balaban J connectivity index is 1.88. The average molecular weight is 577 g/mol. The SMILES string of the molecule is CC(C)CCC1(NCC(=O)O)C(=O)C(C2=NS(=O)(=O)c3cc(NS(C)(=O)=O)ccc3N2)=C(O)c2ccccc21. The lowest BCUT2D eigenvalue weighted by molar-refractivity contribution is -0.136. The van der Waals surface area contributed by atoms with Gasteiger partial charge in [-0.3, -0.25) is 19.6 Å². The van der Waals surface area contributed by atoms with Crippen LogP contribution in [0.4, 0.5) is 11.4 Å². The number of rotatable bonds is 9. The summed E-state index contributed by atoms with van der Waals surface area (Å²) in [5, 5.41) is 26.3. The van der Waals surface area contributed by atoms with Crippen LogP contribution in [-0.4, -0.2) is 57.4 Å². The third kappa shape index (κ3) is 5.53. The number of aliphatic hydroxyl groups is 1. The van der Waals surface area contributed by atoms with Gasteiger partial charge in [0.25, 0.3) is 10.0 Å². The maximum atomic E-state index is 14.2. The van der Waals surface area contributed by atoms with Crippen LogP contribution in [0, 0.1) is 5.92 Å². The predicted octanol–water partition coefficient (Wildman–Crippen LogP) is 2.43. The Morgan fingerprint density at radius 1 is 1.18 bits per heavy atom. The highest BCUT2D eigenvalue weighted by atomic mass is 32.2. The third-order valence-electron chi connectivity index (χ3n) is 6.40. The van der Waals surface area contributed by atoms with Gasteiger partial charge in [0.15, 0.2) is 11.6 Å². The van der Waals surface area contributed by atoms with Crippen LogP contribution in [0.2, 0.25) is 0 Å². The number of carboxylic acid groups (broad SMARTS) is 1. The molecule has 0 amide bonds. The van der Waals surface area contributed by atoms with Gasteiger partial charge in [-0.15, -0.1) is 4.40 Å². The number of hydrogen-bond donors (Lipinski definition) is 5. The maximum absolute atomic E-state index is 14.2. The van der Waals surface area contributed by atoms with Gasteiger partial charge >= 0.3 is 5.97 Å². The van der Waals surface area contributed by atoms with E-state index in [0.29, 0.717) is 12.0 Å². The fourth-order valence-electron chi connectivity index (χ4n) is 4.65. The first-order valence-electron chi connectivity index (χ1n) is 11.9. The minimum Gasteiger partial charge on any atom is -0.506 e. The number of hydrogen-bond acceptors (Lipinski definition) is 9. The Hall–Kier alpha value is -3.75. The molecule has 0 bridgehead atoms. The number of amidine groups is 1. The van der Waals surface area contributed by atoms with Crippen molar-refractivity contribution < 1.29 is 36.6 Å². The highest BCUT2D eigenvalue weighted by molar-refractivity contribution is 7.92. The van der Waals surface area contributed by atoms with Gasteiger partial charge in [-0.2, -0.15) is 8.42 Å². The standard InChI is InChI=1S/C25H28N4O8S2/c1-14(2)10-11-25(26-13-20(30)31)17-7-5-4-6-16(17)22(32)21(23(25)33)24-27-18-9-8-15(28-38(3,34)35)12-19(18)39(36,37)29-24/h4-9,12,14,26,28,32H,10-11,13H2,1-3H3,(H,27,29)(H,30,31). The number of ketones is 1. The molecule has 1 unspecified atom stereocenters. The van der Waals surface area contributed by atoms with Crippen molar-refractivity contribution in [3.8, 4) is 0 Å². The van der Waals surface area contributed by atoms with E-state index in [1.807, 2.05) is 13.8 Å². The quantitative estimate of drug-likeness (QED) is 0.296. The number of carbonyl (C=O) groups excluding carboxylic acids is 1. The van der Waals surface area contributed by atoms with Crippen molar-refractivity contribution in [2.75, 3.05) is 22.8 Å². The molecule has 1 aliphatic heterocycles. The van der Waals surface area contributed by atoms with E-state index in [1.54, 1.807) is 24.3 Å². The number of sulfonamides is 2. The van der Waals surface area contributed by atoms with Crippen LogP contribution in [0.25, 0.3) is 5.76 Å². The van der Waals surface area contributed by atoms with Crippen molar-refractivity contribution in [1.29, 1.82) is 0 Å². The summed E-state index contributed by atoms with van der Waals surface area (Å²) in [5.41, 5.74) is -1.39. The van der Waals surface area contributed by atoms with Crippen LogP contribution in [0.5, 0.6) is 0 Å². The molecular formula is C25H28N4O8S2. The van der Waals surface area contributed by atoms with E-state index in [2.05, 4.69) is 19.8 Å². The second-order valence-electron chi connectivity index (χ2n) is 9.81. The molecule has 14 heteroatoms. The number of fused-ring (bicyclic) bond motifs is 2. The zero-order chi connectivity index (χ0) is 28.8. The van der Waals surface area contributed by atoms with E-state index in [-0.39, 0.29) is 34.2 Å². The van der Waals surface area contributed by atoms with Crippen molar-refractivity contribution >= 4 is 54.8 Å². The summed E-state index contributed by atoms with van der Waals surface area (Å²) in [6, 6.07) is 10.2. The molecule has 5 N–H and O–H groups in total. The van der Waals surface area contributed by atoms with E-state index < -0.39 is 61.1 Å². The van der Waals surface area contributed by atoms with Gasteiger partial charge in [-0.1, -0.05) is 38.1 Å². The normalized spacial score (nSPS) is 20.1. The molecule has 0 fully saturated rings. The number of nitrogens with zero attached hydrogens (tertiary/aromatic N) is 1. The van der Waals surface area contributed by atoms with Crippen LogP contribution in [0.3, 0.4) is 0 Å². The zero-order valence-corrected chi connectivity index (χ0v) is 23.0. The summed E-state index contributed by atoms with van der Waals surface area (Å²) in [6.45, 7) is 3.33. The highest BCUT2D eigenvalue weighted by Gasteiger charge is 2.49. The molecule has 0 spiro atoms. The Bertz CT molecular complexity index is 1650. The molecule has 2 aromatic carbocycles. The zero-order valence-electron chi connectivity index (χ0n) is 21.3.